The summed E-state index contributed by atoms with van der Waals surface area (Å²) in [6, 6.07) is 0. The van der Waals surface area contributed by atoms with E-state index in [9.17, 15) is 13.2 Å². The lowest BCUT2D eigenvalue weighted by molar-refractivity contribution is -0.155. The van der Waals surface area contributed by atoms with E-state index in [1.54, 1.807) is 6.92 Å². The van der Waals surface area contributed by atoms with E-state index >= 15 is 0 Å². The first-order valence-electron chi connectivity index (χ1n) is 4.76. The van der Waals surface area contributed by atoms with Crippen LogP contribution < -0.4 is 11.1 Å². The van der Waals surface area contributed by atoms with Crippen molar-refractivity contribution in [1.29, 1.82) is 0 Å². The first-order chi connectivity index (χ1) is 7.43. The Kier molecular flexibility index (Phi) is 6.82. The van der Waals surface area contributed by atoms with Gasteiger partial charge in [0.1, 0.15) is 5.92 Å². The second kappa shape index (κ2) is 7.29. The molecule has 96 valence electrons. The van der Waals surface area contributed by atoms with Crippen LogP contribution in [0.2, 0.25) is 0 Å². The second-order valence-corrected chi connectivity index (χ2v) is 3.02. The van der Waals surface area contributed by atoms with Gasteiger partial charge in [0.25, 0.3) is 0 Å². The number of halogens is 3. The maximum atomic E-state index is 12.4. The molecule has 0 amide bonds. The van der Waals surface area contributed by atoms with Gasteiger partial charge in [0.2, 0.25) is 0 Å². The Labute approximate surface area is 91.4 Å². The maximum absolute atomic E-state index is 12.4. The molecular weight excluding hydrogens is 227 g/mol. The van der Waals surface area contributed by atoms with E-state index in [0.29, 0.717) is 13.2 Å². The van der Waals surface area contributed by atoms with Gasteiger partial charge in [0.15, 0.2) is 5.84 Å². The molecule has 8 heteroatoms. The Morgan fingerprint density at radius 2 is 2.19 bits per heavy atom. The number of nitrogens with one attached hydrogen (secondary N) is 1. The lowest BCUT2D eigenvalue weighted by Crippen LogP contribution is -2.43. The van der Waals surface area contributed by atoms with Gasteiger partial charge < -0.3 is 21.0 Å². The fourth-order valence-corrected chi connectivity index (χ4v) is 0.993. The molecule has 0 bridgehead atoms. The molecule has 0 aromatic carbocycles. The molecule has 0 aromatic heterocycles. The molecule has 0 aliphatic rings. The molecule has 1 atom stereocenters. The first-order valence-corrected chi connectivity index (χ1v) is 4.76. The van der Waals surface area contributed by atoms with Gasteiger partial charge in [-0.3, -0.25) is 0 Å². The molecule has 0 rings (SSSR count). The van der Waals surface area contributed by atoms with Gasteiger partial charge in [-0.25, -0.2) is 0 Å². The molecule has 5 nitrogen and oxygen atoms in total. The number of rotatable bonds is 7. The van der Waals surface area contributed by atoms with E-state index < -0.39 is 24.5 Å². The zero-order chi connectivity index (χ0) is 12.6. The van der Waals surface area contributed by atoms with Gasteiger partial charge >= 0.3 is 6.18 Å². The molecule has 0 heterocycles. The van der Waals surface area contributed by atoms with Crippen molar-refractivity contribution in [3.8, 4) is 0 Å². The molecule has 16 heavy (non-hydrogen) atoms. The van der Waals surface area contributed by atoms with Crippen LogP contribution in [-0.4, -0.2) is 43.5 Å². The lowest BCUT2D eigenvalue weighted by Gasteiger charge is -2.19. The molecule has 0 fully saturated rings. The average Bonchev–Trinajstić information content (AvgIpc) is 2.20. The van der Waals surface area contributed by atoms with Gasteiger partial charge in [-0.1, -0.05) is 5.16 Å². The van der Waals surface area contributed by atoms with Crippen molar-refractivity contribution >= 4 is 5.84 Å². The summed E-state index contributed by atoms with van der Waals surface area (Å²) < 4.78 is 42.1. The zero-order valence-corrected chi connectivity index (χ0v) is 8.92. The number of hydrogen-bond acceptors (Lipinski definition) is 4. The van der Waals surface area contributed by atoms with Gasteiger partial charge in [-0.05, 0) is 6.92 Å². The van der Waals surface area contributed by atoms with Crippen molar-refractivity contribution < 1.29 is 23.1 Å². The molecule has 0 saturated heterocycles. The number of nitrogens with zero attached hydrogens (tertiary/aromatic N) is 1. The van der Waals surface area contributed by atoms with Crippen LogP contribution in [0.25, 0.3) is 0 Å². The second-order valence-electron chi connectivity index (χ2n) is 3.02. The predicted molar refractivity (Wildman–Crippen MR) is 52.3 cm³/mol. The fourth-order valence-electron chi connectivity index (χ4n) is 0.993. The Morgan fingerprint density at radius 1 is 1.56 bits per heavy atom. The largest absolute Gasteiger partial charge is 0.409 e. The highest BCUT2D eigenvalue weighted by Crippen LogP contribution is 2.25. The van der Waals surface area contributed by atoms with E-state index in [2.05, 4.69) is 10.5 Å². The number of oxime groups is 1. The van der Waals surface area contributed by atoms with Crippen LogP contribution in [-0.2, 0) is 4.74 Å². The van der Waals surface area contributed by atoms with Crippen LogP contribution in [0.4, 0.5) is 13.2 Å². The zero-order valence-electron chi connectivity index (χ0n) is 8.92. The summed E-state index contributed by atoms with van der Waals surface area (Å²) in [5.41, 5.74) is 4.95. The highest BCUT2D eigenvalue weighted by molar-refractivity contribution is 5.83. The third-order valence-electron chi connectivity index (χ3n) is 1.84. The maximum Gasteiger partial charge on any atom is 0.400 e. The smallest absolute Gasteiger partial charge is 0.400 e. The van der Waals surface area contributed by atoms with Crippen LogP contribution in [0.1, 0.15) is 6.92 Å². The summed E-state index contributed by atoms with van der Waals surface area (Å²) in [6.45, 7) is 2.45. The van der Waals surface area contributed by atoms with Crippen molar-refractivity contribution in [2.24, 2.45) is 16.8 Å². The predicted octanol–water partition coefficient (Wildman–Crippen LogP) is 0.537. The summed E-state index contributed by atoms with van der Waals surface area (Å²) in [5, 5.41) is 13.1. The van der Waals surface area contributed by atoms with Crippen molar-refractivity contribution in [1.82, 2.24) is 5.32 Å². The molecular formula is C8H16F3N3O2. The van der Waals surface area contributed by atoms with Gasteiger partial charge in [-0.15, -0.1) is 0 Å². The van der Waals surface area contributed by atoms with Crippen LogP contribution in [0, 0.1) is 5.92 Å². The highest BCUT2D eigenvalue weighted by Gasteiger charge is 2.42. The third-order valence-corrected chi connectivity index (χ3v) is 1.84. The number of nitrogens with two attached hydrogens (primary N) is 1. The summed E-state index contributed by atoms with van der Waals surface area (Å²) in [7, 11) is 0. The summed E-state index contributed by atoms with van der Waals surface area (Å²) in [6.07, 6.45) is -4.53. The minimum absolute atomic E-state index is 0.277. The topological polar surface area (TPSA) is 79.9 Å². The monoisotopic (exact) mass is 243 g/mol. The average molecular weight is 243 g/mol. The number of ether oxygens (including phenoxy) is 1. The molecule has 0 aliphatic carbocycles. The van der Waals surface area contributed by atoms with Gasteiger partial charge in [0.05, 0.1) is 6.61 Å². The number of amidine groups is 1. The van der Waals surface area contributed by atoms with Crippen molar-refractivity contribution in [3.63, 3.8) is 0 Å². The first kappa shape index (κ1) is 15.0. The van der Waals surface area contributed by atoms with E-state index in [4.69, 9.17) is 15.7 Å². The summed E-state index contributed by atoms with van der Waals surface area (Å²) >= 11 is 0. The molecule has 1 unspecified atom stereocenters. The van der Waals surface area contributed by atoms with Crippen molar-refractivity contribution in [3.05, 3.63) is 0 Å². The lowest BCUT2D eigenvalue weighted by atomic mass is 10.1. The van der Waals surface area contributed by atoms with E-state index in [0.717, 1.165) is 0 Å². The normalized spacial score (nSPS) is 15.1. The summed E-state index contributed by atoms with van der Waals surface area (Å²) in [4.78, 5) is 0. The standard InChI is InChI=1S/C8H16F3N3O2/c1-2-16-4-3-13-5-6(7(12)14-15)8(9,10)11/h6,13,15H,2-5H2,1H3,(H2,12,14). The van der Waals surface area contributed by atoms with E-state index in [1.165, 1.54) is 0 Å². The molecule has 0 saturated carbocycles. The van der Waals surface area contributed by atoms with Crippen LogP contribution in [0.3, 0.4) is 0 Å². The Hall–Kier alpha value is -1.02. The van der Waals surface area contributed by atoms with Crippen LogP contribution in [0.5, 0.6) is 0 Å². The molecule has 0 aromatic rings. The molecule has 0 radical (unpaired) electrons. The molecule has 0 spiro atoms. The van der Waals surface area contributed by atoms with E-state index in [1.807, 2.05) is 0 Å². The minimum Gasteiger partial charge on any atom is -0.409 e. The van der Waals surface area contributed by atoms with Gasteiger partial charge in [-0.2, -0.15) is 13.2 Å². The van der Waals surface area contributed by atoms with Crippen LogP contribution in [0.15, 0.2) is 5.16 Å². The third kappa shape index (κ3) is 5.76. The van der Waals surface area contributed by atoms with Gasteiger partial charge in [0, 0.05) is 19.7 Å². The molecule has 4 N–H and O–H groups in total. The number of alkyl halides is 3. The SMILES string of the molecule is CCOCCNCC(C(N)=NO)C(F)(F)F. The Bertz CT molecular complexity index is 221. The van der Waals surface area contributed by atoms with Crippen LogP contribution >= 0.6 is 0 Å². The fraction of sp³-hybridized carbons (Fsp3) is 0.875. The Morgan fingerprint density at radius 3 is 2.62 bits per heavy atom. The Balaban J connectivity index is 4.05. The van der Waals surface area contributed by atoms with Crippen molar-refractivity contribution in [2.75, 3.05) is 26.3 Å². The quantitative estimate of drug-likeness (QED) is 0.200. The minimum atomic E-state index is -4.53. The summed E-state index contributed by atoms with van der Waals surface area (Å²) in [5.74, 6) is -2.84. The van der Waals surface area contributed by atoms with E-state index in [-0.39, 0.29) is 6.54 Å². The highest BCUT2D eigenvalue weighted by atomic mass is 19.4. The van der Waals surface area contributed by atoms with Crippen molar-refractivity contribution in [2.45, 2.75) is 13.1 Å². The number of hydrogen-bond donors (Lipinski definition) is 3. The molecule has 0 aliphatic heterocycles.